The quantitative estimate of drug-likeness (QED) is 0.503. The number of aryl methyl sites for hydroxylation is 1. The van der Waals surface area contributed by atoms with Gasteiger partial charge in [0.25, 0.3) is 5.56 Å². The molecule has 1 aromatic carbocycles. The van der Waals surface area contributed by atoms with Crippen molar-refractivity contribution in [3.8, 4) is 28.4 Å². The second-order valence-corrected chi connectivity index (χ2v) is 7.23. The molecule has 4 aromatic rings. The predicted octanol–water partition coefficient (Wildman–Crippen LogP) is 2.60. The average molecular weight is 418 g/mol. The summed E-state index contributed by atoms with van der Waals surface area (Å²) < 4.78 is 16.0. The number of nitriles is 2. The molecule has 30 heavy (non-hydrogen) atoms. The molecule has 3 heterocycles. The molecule has 0 aliphatic carbocycles. The van der Waals surface area contributed by atoms with E-state index < -0.39 is 17.1 Å². The number of aromatic nitrogens is 4. The Kier molecular flexibility index (Phi) is 4.92. The standard InChI is InChI=1S/C20H11FN6O2S/c21-13-2-3-14(12(8-13)10-23)16-9-15-18(30-16)19(28)27(17-11-24-5-6-25-17)20(29)26(15)7-1-4-22/h2-3,5-6,8-9,11H,1,7H2. The van der Waals surface area contributed by atoms with E-state index in [1.54, 1.807) is 6.07 Å². The van der Waals surface area contributed by atoms with Gasteiger partial charge in [-0.05, 0) is 24.3 Å². The molecule has 146 valence electrons. The van der Waals surface area contributed by atoms with Crippen molar-refractivity contribution >= 4 is 21.6 Å². The van der Waals surface area contributed by atoms with Gasteiger partial charge < -0.3 is 0 Å². The van der Waals surface area contributed by atoms with Crippen LogP contribution in [0.4, 0.5) is 4.39 Å². The van der Waals surface area contributed by atoms with Crippen molar-refractivity contribution in [1.29, 1.82) is 10.5 Å². The molecule has 0 N–H and O–H groups in total. The van der Waals surface area contributed by atoms with E-state index >= 15 is 0 Å². The third kappa shape index (κ3) is 3.15. The van der Waals surface area contributed by atoms with E-state index in [2.05, 4.69) is 9.97 Å². The fraction of sp³-hybridized carbons (Fsp3) is 0.100. The Hall–Kier alpha value is -4.15. The molecular formula is C20H11FN6O2S. The molecule has 8 nitrogen and oxygen atoms in total. The maximum atomic E-state index is 13.5. The Bertz CT molecular complexity index is 1470. The fourth-order valence-electron chi connectivity index (χ4n) is 3.09. The van der Waals surface area contributed by atoms with Gasteiger partial charge in [-0.2, -0.15) is 10.5 Å². The Morgan fingerprint density at radius 1 is 1.17 bits per heavy atom. The number of benzene rings is 1. The lowest BCUT2D eigenvalue weighted by Crippen LogP contribution is -2.39. The summed E-state index contributed by atoms with van der Waals surface area (Å²) >= 11 is 1.08. The van der Waals surface area contributed by atoms with Gasteiger partial charge in [0.1, 0.15) is 10.5 Å². The number of fused-ring (bicyclic) bond motifs is 1. The highest BCUT2D eigenvalue weighted by molar-refractivity contribution is 7.22. The topological polar surface area (TPSA) is 117 Å². The summed E-state index contributed by atoms with van der Waals surface area (Å²) in [7, 11) is 0. The van der Waals surface area contributed by atoms with Crippen LogP contribution in [0.5, 0.6) is 0 Å². The Balaban J connectivity index is 2.06. The molecule has 0 aliphatic heterocycles. The second-order valence-electron chi connectivity index (χ2n) is 6.17. The zero-order chi connectivity index (χ0) is 21.3. The van der Waals surface area contributed by atoms with Gasteiger partial charge in [0.2, 0.25) is 0 Å². The van der Waals surface area contributed by atoms with Crippen LogP contribution in [0.15, 0.2) is 52.4 Å². The van der Waals surface area contributed by atoms with Crippen molar-refractivity contribution in [3.63, 3.8) is 0 Å². The maximum absolute atomic E-state index is 13.5. The highest BCUT2D eigenvalue weighted by Crippen LogP contribution is 2.33. The van der Waals surface area contributed by atoms with Gasteiger partial charge >= 0.3 is 5.69 Å². The summed E-state index contributed by atoms with van der Waals surface area (Å²) in [5.74, 6) is -0.484. The third-order valence-electron chi connectivity index (χ3n) is 4.42. The molecule has 3 aromatic heterocycles. The number of halogens is 1. The summed E-state index contributed by atoms with van der Waals surface area (Å²) in [5.41, 5.74) is -0.326. The van der Waals surface area contributed by atoms with Crippen molar-refractivity contribution in [1.82, 2.24) is 19.1 Å². The van der Waals surface area contributed by atoms with Crippen LogP contribution in [0.2, 0.25) is 0 Å². The van der Waals surface area contributed by atoms with Crippen molar-refractivity contribution < 1.29 is 4.39 Å². The van der Waals surface area contributed by atoms with Crippen molar-refractivity contribution in [2.75, 3.05) is 0 Å². The molecule has 0 radical (unpaired) electrons. The highest BCUT2D eigenvalue weighted by atomic mass is 32.1. The summed E-state index contributed by atoms with van der Waals surface area (Å²) in [6.45, 7) is 0.0665. The maximum Gasteiger partial charge on any atom is 0.337 e. The van der Waals surface area contributed by atoms with Crippen LogP contribution in [-0.2, 0) is 6.54 Å². The monoisotopic (exact) mass is 418 g/mol. The van der Waals surface area contributed by atoms with Gasteiger partial charge in [0.05, 0.1) is 35.8 Å². The zero-order valence-electron chi connectivity index (χ0n) is 15.2. The minimum atomic E-state index is -0.646. The lowest BCUT2D eigenvalue weighted by atomic mass is 10.1. The van der Waals surface area contributed by atoms with Crippen molar-refractivity contribution in [2.24, 2.45) is 0 Å². The van der Waals surface area contributed by atoms with Crippen LogP contribution in [0.3, 0.4) is 0 Å². The highest BCUT2D eigenvalue weighted by Gasteiger charge is 2.20. The molecule has 0 bridgehead atoms. The summed E-state index contributed by atoms with van der Waals surface area (Å²) in [4.78, 5) is 34.7. The van der Waals surface area contributed by atoms with E-state index in [0.717, 1.165) is 22.0 Å². The Morgan fingerprint density at radius 2 is 2.00 bits per heavy atom. The molecule has 0 unspecified atom stereocenters. The average Bonchev–Trinajstić information content (AvgIpc) is 3.20. The van der Waals surface area contributed by atoms with E-state index in [0.29, 0.717) is 16.0 Å². The Labute approximate surface area is 172 Å². The zero-order valence-corrected chi connectivity index (χ0v) is 16.1. The third-order valence-corrected chi connectivity index (χ3v) is 5.56. The first kappa shape index (κ1) is 19.2. The molecular weight excluding hydrogens is 407 g/mol. The lowest BCUT2D eigenvalue weighted by Gasteiger charge is -2.09. The molecule has 4 rings (SSSR count). The van der Waals surface area contributed by atoms with Gasteiger partial charge in [-0.25, -0.2) is 18.7 Å². The first-order valence-corrected chi connectivity index (χ1v) is 9.49. The van der Waals surface area contributed by atoms with Crippen LogP contribution in [0.1, 0.15) is 12.0 Å². The molecule has 0 spiro atoms. The summed E-state index contributed by atoms with van der Waals surface area (Å²) in [6, 6.07) is 9.33. The van der Waals surface area contributed by atoms with Crippen LogP contribution >= 0.6 is 11.3 Å². The smallest absolute Gasteiger partial charge is 0.291 e. The van der Waals surface area contributed by atoms with Gasteiger partial charge in [-0.1, -0.05) is 0 Å². The minimum Gasteiger partial charge on any atom is -0.291 e. The van der Waals surface area contributed by atoms with Crippen LogP contribution in [0, 0.1) is 28.5 Å². The van der Waals surface area contributed by atoms with E-state index in [1.807, 2.05) is 12.1 Å². The van der Waals surface area contributed by atoms with Crippen LogP contribution in [0.25, 0.3) is 26.5 Å². The summed E-state index contributed by atoms with van der Waals surface area (Å²) in [6.07, 6.45) is 4.13. The largest absolute Gasteiger partial charge is 0.337 e. The predicted molar refractivity (Wildman–Crippen MR) is 108 cm³/mol. The SMILES string of the molecule is N#CCCn1c(=O)n(-c2cnccn2)c(=O)c2sc(-c3ccc(F)cc3C#N)cc21. The van der Waals surface area contributed by atoms with Crippen molar-refractivity contribution in [2.45, 2.75) is 13.0 Å². The van der Waals surface area contributed by atoms with Gasteiger partial charge in [0.15, 0.2) is 5.82 Å². The molecule has 0 aliphatic rings. The Morgan fingerprint density at radius 3 is 2.70 bits per heavy atom. The van der Waals surface area contributed by atoms with Crippen molar-refractivity contribution in [3.05, 3.63) is 75.1 Å². The lowest BCUT2D eigenvalue weighted by molar-refractivity contribution is 0.627. The number of nitrogens with zero attached hydrogens (tertiary/aromatic N) is 6. The fourth-order valence-corrected chi connectivity index (χ4v) is 4.22. The van der Waals surface area contributed by atoms with Crippen LogP contribution in [-0.4, -0.2) is 19.1 Å². The first-order chi connectivity index (χ1) is 14.5. The van der Waals surface area contributed by atoms with Crippen LogP contribution < -0.4 is 11.2 Å². The molecule has 10 heteroatoms. The molecule has 0 amide bonds. The van der Waals surface area contributed by atoms with Gasteiger partial charge in [0, 0.05) is 29.4 Å². The summed E-state index contributed by atoms with van der Waals surface area (Å²) in [5, 5.41) is 18.3. The molecule has 0 fully saturated rings. The number of thiophene rings is 1. The second kappa shape index (κ2) is 7.70. The van der Waals surface area contributed by atoms with E-state index in [4.69, 9.17) is 5.26 Å². The van der Waals surface area contributed by atoms with E-state index in [9.17, 15) is 19.2 Å². The number of rotatable bonds is 4. The molecule has 0 atom stereocenters. The minimum absolute atomic E-state index is 0.0544. The normalized spacial score (nSPS) is 10.6. The first-order valence-electron chi connectivity index (χ1n) is 8.68. The van der Waals surface area contributed by atoms with E-state index in [-0.39, 0.29) is 29.0 Å². The van der Waals surface area contributed by atoms with E-state index in [1.165, 1.54) is 35.3 Å². The number of hydrogen-bond acceptors (Lipinski definition) is 7. The van der Waals surface area contributed by atoms with Gasteiger partial charge in [-0.3, -0.25) is 14.3 Å². The number of hydrogen-bond donors (Lipinski definition) is 0. The molecule has 0 saturated heterocycles. The van der Waals surface area contributed by atoms with Gasteiger partial charge in [-0.15, -0.1) is 11.3 Å². The molecule has 0 saturated carbocycles.